The van der Waals surface area contributed by atoms with Crippen molar-refractivity contribution in [1.82, 2.24) is 4.90 Å². The standard InChI is InChI=1S/C21H25NO3/c1-16-6-5-7-18(14-16)25-15-17-10-12-22(13-11-17)21(23)19-8-3-4-9-20(19)24-2/h3-9,14,17H,10-13,15H2,1-2H3. The summed E-state index contributed by atoms with van der Waals surface area (Å²) in [5.41, 5.74) is 1.84. The molecule has 0 radical (unpaired) electrons. The number of piperidine rings is 1. The summed E-state index contributed by atoms with van der Waals surface area (Å²) in [6, 6.07) is 15.5. The Morgan fingerprint density at radius 3 is 2.60 bits per heavy atom. The fraction of sp³-hybridized carbons (Fsp3) is 0.381. The summed E-state index contributed by atoms with van der Waals surface area (Å²) in [7, 11) is 1.60. The summed E-state index contributed by atoms with van der Waals surface area (Å²) in [6.45, 7) is 4.30. The third-order valence-corrected chi connectivity index (χ3v) is 4.71. The van der Waals surface area contributed by atoms with E-state index in [2.05, 4.69) is 19.1 Å². The van der Waals surface area contributed by atoms with Gasteiger partial charge >= 0.3 is 0 Å². The normalized spacial score (nSPS) is 15.0. The molecule has 1 aliphatic rings. The van der Waals surface area contributed by atoms with Gasteiger partial charge in [-0.1, -0.05) is 24.3 Å². The molecule has 0 N–H and O–H groups in total. The number of amides is 1. The third kappa shape index (κ3) is 4.32. The maximum absolute atomic E-state index is 12.7. The van der Waals surface area contributed by atoms with Crippen LogP contribution in [0.3, 0.4) is 0 Å². The van der Waals surface area contributed by atoms with Crippen molar-refractivity contribution >= 4 is 5.91 Å². The van der Waals surface area contributed by atoms with Gasteiger partial charge in [0.2, 0.25) is 0 Å². The van der Waals surface area contributed by atoms with Crippen LogP contribution < -0.4 is 9.47 Å². The Morgan fingerprint density at radius 1 is 1.12 bits per heavy atom. The quantitative estimate of drug-likeness (QED) is 0.828. The minimum Gasteiger partial charge on any atom is -0.496 e. The van der Waals surface area contributed by atoms with Crippen molar-refractivity contribution in [2.75, 3.05) is 26.8 Å². The van der Waals surface area contributed by atoms with Crippen LogP contribution in [0.4, 0.5) is 0 Å². The van der Waals surface area contributed by atoms with Crippen LogP contribution in [0.5, 0.6) is 11.5 Å². The Labute approximate surface area is 149 Å². The number of benzene rings is 2. The molecule has 0 aromatic heterocycles. The lowest BCUT2D eigenvalue weighted by atomic mass is 9.97. The SMILES string of the molecule is COc1ccccc1C(=O)N1CCC(COc2cccc(C)c2)CC1. The number of hydrogen-bond acceptors (Lipinski definition) is 3. The molecule has 1 heterocycles. The Balaban J connectivity index is 1.52. The second kappa shape index (κ2) is 8.06. The summed E-state index contributed by atoms with van der Waals surface area (Å²) in [6.07, 6.45) is 1.93. The Hall–Kier alpha value is -2.49. The van der Waals surface area contributed by atoms with Gasteiger partial charge in [-0.25, -0.2) is 0 Å². The number of methoxy groups -OCH3 is 1. The molecule has 132 valence electrons. The van der Waals surface area contributed by atoms with Crippen molar-refractivity contribution in [3.63, 3.8) is 0 Å². The van der Waals surface area contributed by atoms with E-state index < -0.39 is 0 Å². The van der Waals surface area contributed by atoms with Crippen LogP contribution in [0.2, 0.25) is 0 Å². The van der Waals surface area contributed by atoms with Gasteiger partial charge in [-0.15, -0.1) is 0 Å². The summed E-state index contributed by atoms with van der Waals surface area (Å²) < 4.78 is 11.2. The minimum absolute atomic E-state index is 0.0514. The van der Waals surface area contributed by atoms with E-state index >= 15 is 0 Å². The number of aryl methyl sites for hydroxylation is 1. The zero-order chi connectivity index (χ0) is 17.6. The lowest BCUT2D eigenvalue weighted by Crippen LogP contribution is -2.39. The monoisotopic (exact) mass is 339 g/mol. The molecule has 0 unspecified atom stereocenters. The molecule has 4 heteroatoms. The maximum atomic E-state index is 12.7. The summed E-state index contributed by atoms with van der Waals surface area (Å²) in [5.74, 6) is 2.10. The first-order valence-corrected chi connectivity index (χ1v) is 8.79. The Morgan fingerprint density at radius 2 is 1.88 bits per heavy atom. The van der Waals surface area contributed by atoms with Crippen LogP contribution in [-0.2, 0) is 0 Å². The van der Waals surface area contributed by atoms with Gasteiger partial charge in [0.15, 0.2) is 0 Å². The number of hydrogen-bond donors (Lipinski definition) is 0. The lowest BCUT2D eigenvalue weighted by Gasteiger charge is -2.32. The van der Waals surface area contributed by atoms with Crippen LogP contribution in [0.15, 0.2) is 48.5 Å². The zero-order valence-corrected chi connectivity index (χ0v) is 14.9. The molecular weight excluding hydrogens is 314 g/mol. The van der Waals surface area contributed by atoms with Crippen molar-refractivity contribution in [2.45, 2.75) is 19.8 Å². The van der Waals surface area contributed by atoms with Crippen LogP contribution in [0.25, 0.3) is 0 Å². The highest BCUT2D eigenvalue weighted by Crippen LogP contribution is 2.24. The number of likely N-dealkylation sites (tertiary alicyclic amines) is 1. The van der Waals surface area contributed by atoms with Gasteiger partial charge in [-0.3, -0.25) is 4.79 Å². The number of ether oxygens (including phenoxy) is 2. The van der Waals surface area contributed by atoms with Gasteiger partial charge in [0.05, 0.1) is 19.3 Å². The minimum atomic E-state index is 0.0514. The summed E-state index contributed by atoms with van der Waals surface area (Å²) in [4.78, 5) is 14.6. The van der Waals surface area contributed by atoms with E-state index in [1.165, 1.54) is 5.56 Å². The molecule has 1 amide bonds. The maximum Gasteiger partial charge on any atom is 0.257 e. The molecule has 1 fully saturated rings. The van der Waals surface area contributed by atoms with Crippen molar-refractivity contribution in [3.8, 4) is 11.5 Å². The van der Waals surface area contributed by atoms with Gasteiger partial charge in [-0.2, -0.15) is 0 Å². The molecule has 0 aliphatic carbocycles. The van der Waals surface area contributed by atoms with Gasteiger partial charge in [0.25, 0.3) is 5.91 Å². The third-order valence-electron chi connectivity index (χ3n) is 4.71. The highest BCUT2D eigenvalue weighted by atomic mass is 16.5. The van der Waals surface area contributed by atoms with Crippen LogP contribution in [0.1, 0.15) is 28.8 Å². The van der Waals surface area contributed by atoms with E-state index in [4.69, 9.17) is 9.47 Å². The molecule has 0 atom stereocenters. The number of para-hydroxylation sites is 1. The predicted molar refractivity (Wildman–Crippen MR) is 98.3 cm³/mol. The van der Waals surface area contributed by atoms with Gasteiger partial charge in [0.1, 0.15) is 11.5 Å². The molecule has 4 nitrogen and oxygen atoms in total. The molecule has 2 aromatic rings. The van der Waals surface area contributed by atoms with Crippen LogP contribution in [0, 0.1) is 12.8 Å². The zero-order valence-electron chi connectivity index (χ0n) is 14.9. The first-order valence-electron chi connectivity index (χ1n) is 8.79. The molecule has 0 bridgehead atoms. The summed E-state index contributed by atoms with van der Waals surface area (Å²) >= 11 is 0. The first kappa shape index (κ1) is 17.3. The molecule has 1 aliphatic heterocycles. The van der Waals surface area contributed by atoms with E-state index in [1.807, 2.05) is 41.3 Å². The Bertz CT molecular complexity index is 721. The number of nitrogens with zero attached hydrogens (tertiary/aromatic N) is 1. The fourth-order valence-corrected chi connectivity index (χ4v) is 3.21. The molecule has 1 saturated heterocycles. The highest BCUT2D eigenvalue weighted by Gasteiger charge is 2.25. The van der Waals surface area contributed by atoms with E-state index in [0.29, 0.717) is 23.8 Å². The molecule has 2 aromatic carbocycles. The molecule has 25 heavy (non-hydrogen) atoms. The average Bonchev–Trinajstić information content (AvgIpc) is 2.66. The molecule has 0 saturated carbocycles. The summed E-state index contributed by atoms with van der Waals surface area (Å²) in [5, 5.41) is 0. The molecular formula is C21H25NO3. The van der Waals surface area contributed by atoms with E-state index in [1.54, 1.807) is 7.11 Å². The van der Waals surface area contributed by atoms with Crippen molar-refractivity contribution in [3.05, 3.63) is 59.7 Å². The van der Waals surface area contributed by atoms with Gasteiger partial charge in [-0.05, 0) is 55.5 Å². The highest BCUT2D eigenvalue weighted by molar-refractivity contribution is 5.97. The number of carbonyl (C=O) groups excluding carboxylic acids is 1. The van der Waals surface area contributed by atoms with E-state index in [9.17, 15) is 4.79 Å². The molecule has 3 rings (SSSR count). The smallest absolute Gasteiger partial charge is 0.257 e. The van der Waals surface area contributed by atoms with Crippen LogP contribution in [-0.4, -0.2) is 37.6 Å². The first-order chi connectivity index (χ1) is 12.2. The fourth-order valence-electron chi connectivity index (χ4n) is 3.21. The second-order valence-electron chi connectivity index (χ2n) is 6.56. The second-order valence-corrected chi connectivity index (χ2v) is 6.56. The topological polar surface area (TPSA) is 38.8 Å². The van der Waals surface area contributed by atoms with E-state index in [-0.39, 0.29) is 5.91 Å². The number of rotatable bonds is 5. The van der Waals surface area contributed by atoms with Crippen molar-refractivity contribution < 1.29 is 14.3 Å². The predicted octanol–water partition coefficient (Wildman–Crippen LogP) is 3.93. The van der Waals surface area contributed by atoms with Crippen molar-refractivity contribution in [1.29, 1.82) is 0 Å². The molecule has 0 spiro atoms. The van der Waals surface area contributed by atoms with E-state index in [0.717, 1.165) is 31.7 Å². The number of carbonyl (C=O) groups is 1. The van der Waals surface area contributed by atoms with Crippen LogP contribution >= 0.6 is 0 Å². The van der Waals surface area contributed by atoms with Gasteiger partial charge < -0.3 is 14.4 Å². The lowest BCUT2D eigenvalue weighted by molar-refractivity contribution is 0.0658. The average molecular weight is 339 g/mol. The van der Waals surface area contributed by atoms with Crippen molar-refractivity contribution in [2.24, 2.45) is 5.92 Å². The largest absolute Gasteiger partial charge is 0.496 e. The van der Waals surface area contributed by atoms with Gasteiger partial charge in [0, 0.05) is 13.1 Å². The Kier molecular flexibility index (Phi) is 5.59.